The molecule has 4 heteroatoms. The third-order valence-corrected chi connectivity index (χ3v) is 1.20. The average Bonchev–Trinajstić information content (AvgIpc) is 2.03. The second kappa shape index (κ2) is 3.80. The fraction of sp³-hybridized carbons (Fsp3) is 0.375. The number of ketones is 1. The lowest BCUT2D eigenvalue weighted by Gasteiger charge is -2.00. The number of Topliss-reactive ketones (excluding diaryl/α,β-unsaturated/α-hetero) is 1. The Morgan fingerprint density at radius 3 is 2.75 bits per heavy atom. The van der Waals surface area contributed by atoms with Crippen molar-refractivity contribution < 1.29 is 9.53 Å². The summed E-state index contributed by atoms with van der Waals surface area (Å²) in [6.45, 7) is 3.35. The first kappa shape index (κ1) is 8.64. The molecule has 0 fully saturated rings. The van der Waals surface area contributed by atoms with Crippen LogP contribution in [-0.2, 0) is 4.79 Å². The zero-order valence-electron chi connectivity index (χ0n) is 7.07. The van der Waals surface area contributed by atoms with E-state index in [1.54, 1.807) is 12.1 Å². The first-order valence-electron chi connectivity index (χ1n) is 3.61. The van der Waals surface area contributed by atoms with Crippen LogP contribution in [0.5, 0.6) is 5.88 Å². The van der Waals surface area contributed by atoms with Crippen LogP contribution in [0, 0.1) is 6.92 Å². The van der Waals surface area contributed by atoms with E-state index in [1.807, 2.05) is 6.92 Å². The molecule has 0 aliphatic carbocycles. The minimum absolute atomic E-state index is 0.0302. The van der Waals surface area contributed by atoms with Crippen molar-refractivity contribution in [3.63, 3.8) is 0 Å². The third kappa shape index (κ3) is 2.65. The number of aryl methyl sites for hydroxylation is 1. The number of aromatic nitrogens is 2. The van der Waals surface area contributed by atoms with Gasteiger partial charge in [-0.2, -0.15) is 5.10 Å². The van der Waals surface area contributed by atoms with Gasteiger partial charge < -0.3 is 4.74 Å². The van der Waals surface area contributed by atoms with Crippen molar-refractivity contribution in [2.45, 2.75) is 13.8 Å². The van der Waals surface area contributed by atoms with Crippen LogP contribution in [0.3, 0.4) is 0 Å². The lowest BCUT2D eigenvalue weighted by Crippen LogP contribution is -2.07. The van der Waals surface area contributed by atoms with Crippen molar-refractivity contribution in [3.05, 3.63) is 17.8 Å². The number of ether oxygens (including phenoxy) is 1. The average molecular weight is 166 g/mol. The van der Waals surface area contributed by atoms with Crippen molar-refractivity contribution in [1.29, 1.82) is 0 Å². The highest BCUT2D eigenvalue weighted by atomic mass is 16.5. The molecule has 1 aromatic heterocycles. The quantitative estimate of drug-likeness (QED) is 0.665. The Balaban J connectivity index is 2.53. The van der Waals surface area contributed by atoms with E-state index in [0.717, 1.165) is 5.69 Å². The van der Waals surface area contributed by atoms with Crippen LogP contribution in [0.4, 0.5) is 0 Å². The van der Waals surface area contributed by atoms with Crippen LogP contribution in [0.25, 0.3) is 0 Å². The Labute approximate surface area is 70.6 Å². The maximum atomic E-state index is 10.5. The van der Waals surface area contributed by atoms with Gasteiger partial charge in [-0.15, -0.1) is 5.10 Å². The first-order chi connectivity index (χ1) is 5.68. The monoisotopic (exact) mass is 166 g/mol. The maximum Gasteiger partial charge on any atom is 0.233 e. The largest absolute Gasteiger partial charge is 0.469 e. The summed E-state index contributed by atoms with van der Waals surface area (Å²) >= 11 is 0. The highest BCUT2D eigenvalue weighted by Crippen LogP contribution is 2.03. The van der Waals surface area contributed by atoms with E-state index >= 15 is 0 Å². The van der Waals surface area contributed by atoms with E-state index in [1.165, 1.54) is 6.92 Å². The molecule has 0 unspecified atom stereocenters. The fourth-order valence-corrected chi connectivity index (χ4v) is 0.639. The smallest absolute Gasteiger partial charge is 0.233 e. The van der Waals surface area contributed by atoms with Crippen molar-refractivity contribution in [2.24, 2.45) is 0 Å². The molecule has 4 nitrogen and oxygen atoms in total. The van der Waals surface area contributed by atoms with Gasteiger partial charge in [0.05, 0.1) is 5.69 Å². The van der Waals surface area contributed by atoms with Gasteiger partial charge in [-0.05, 0) is 19.9 Å². The van der Waals surface area contributed by atoms with Crippen LogP contribution in [-0.4, -0.2) is 22.6 Å². The number of carbonyl (C=O) groups is 1. The molecular weight excluding hydrogens is 156 g/mol. The van der Waals surface area contributed by atoms with Gasteiger partial charge >= 0.3 is 0 Å². The normalized spacial score (nSPS) is 9.50. The number of nitrogens with zero attached hydrogens (tertiary/aromatic N) is 2. The van der Waals surface area contributed by atoms with Crippen molar-refractivity contribution in [2.75, 3.05) is 6.61 Å². The van der Waals surface area contributed by atoms with Gasteiger partial charge in [-0.3, -0.25) is 4.79 Å². The minimum Gasteiger partial charge on any atom is -0.469 e. The van der Waals surface area contributed by atoms with Gasteiger partial charge in [0.2, 0.25) is 5.88 Å². The lowest BCUT2D eigenvalue weighted by atomic mass is 10.4. The molecule has 0 atom stereocenters. The second-order valence-electron chi connectivity index (χ2n) is 2.50. The zero-order valence-corrected chi connectivity index (χ0v) is 7.07. The summed E-state index contributed by atoms with van der Waals surface area (Å²) in [4.78, 5) is 10.5. The van der Waals surface area contributed by atoms with E-state index in [2.05, 4.69) is 10.2 Å². The Kier molecular flexibility index (Phi) is 2.74. The highest BCUT2D eigenvalue weighted by Gasteiger charge is 1.97. The summed E-state index contributed by atoms with van der Waals surface area (Å²) in [6, 6.07) is 3.47. The number of carbonyl (C=O) groups excluding carboxylic acids is 1. The molecule has 0 saturated heterocycles. The van der Waals surface area contributed by atoms with E-state index in [0.29, 0.717) is 5.88 Å². The van der Waals surface area contributed by atoms with E-state index < -0.39 is 0 Å². The molecular formula is C8H10N2O2. The van der Waals surface area contributed by atoms with E-state index in [4.69, 9.17) is 4.74 Å². The van der Waals surface area contributed by atoms with Gasteiger partial charge in [-0.1, -0.05) is 0 Å². The molecule has 0 aliphatic heterocycles. The Hall–Kier alpha value is -1.45. The van der Waals surface area contributed by atoms with Gasteiger partial charge in [0.1, 0.15) is 6.61 Å². The molecule has 64 valence electrons. The Morgan fingerprint density at radius 1 is 1.50 bits per heavy atom. The fourth-order valence-electron chi connectivity index (χ4n) is 0.639. The molecule has 1 aromatic rings. The Bertz CT molecular complexity index is 269. The number of rotatable bonds is 3. The molecule has 0 spiro atoms. The number of hydrogen-bond acceptors (Lipinski definition) is 4. The minimum atomic E-state index is -0.0302. The predicted octanol–water partition coefficient (Wildman–Crippen LogP) is 0.753. The summed E-state index contributed by atoms with van der Waals surface area (Å²) < 4.78 is 5.00. The van der Waals surface area contributed by atoms with Crippen molar-refractivity contribution >= 4 is 5.78 Å². The predicted molar refractivity (Wildman–Crippen MR) is 42.9 cm³/mol. The molecule has 1 rings (SSSR count). The summed E-state index contributed by atoms with van der Waals surface area (Å²) in [7, 11) is 0. The van der Waals surface area contributed by atoms with Crippen LogP contribution in [0.15, 0.2) is 12.1 Å². The summed E-state index contributed by atoms with van der Waals surface area (Å²) in [5.74, 6) is 0.355. The summed E-state index contributed by atoms with van der Waals surface area (Å²) in [5, 5.41) is 7.50. The summed E-state index contributed by atoms with van der Waals surface area (Å²) in [6.07, 6.45) is 0. The Morgan fingerprint density at radius 2 is 2.25 bits per heavy atom. The molecule has 0 radical (unpaired) electrons. The molecule has 12 heavy (non-hydrogen) atoms. The molecule has 0 saturated carbocycles. The van der Waals surface area contributed by atoms with Gasteiger partial charge in [0.25, 0.3) is 0 Å². The van der Waals surface area contributed by atoms with Crippen molar-refractivity contribution in [1.82, 2.24) is 10.2 Å². The van der Waals surface area contributed by atoms with Crippen LogP contribution in [0.2, 0.25) is 0 Å². The summed E-state index contributed by atoms with van der Waals surface area (Å²) in [5.41, 5.74) is 0.824. The van der Waals surface area contributed by atoms with Crippen LogP contribution >= 0.6 is 0 Å². The van der Waals surface area contributed by atoms with Crippen molar-refractivity contribution in [3.8, 4) is 5.88 Å². The molecule has 0 amide bonds. The number of hydrogen-bond donors (Lipinski definition) is 0. The standard InChI is InChI=1S/C8H10N2O2/c1-6-3-4-8(10-9-6)12-5-7(2)11/h3-4H,5H2,1-2H3. The molecule has 0 bridgehead atoms. The second-order valence-corrected chi connectivity index (χ2v) is 2.50. The lowest BCUT2D eigenvalue weighted by molar-refractivity contribution is -0.119. The molecule has 0 aromatic carbocycles. The zero-order chi connectivity index (χ0) is 8.97. The first-order valence-corrected chi connectivity index (χ1v) is 3.61. The molecule has 0 aliphatic rings. The van der Waals surface area contributed by atoms with Gasteiger partial charge in [-0.25, -0.2) is 0 Å². The van der Waals surface area contributed by atoms with Crippen LogP contribution in [0.1, 0.15) is 12.6 Å². The molecule has 1 heterocycles. The SMILES string of the molecule is CC(=O)COc1ccc(C)nn1. The van der Waals surface area contributed by atoms with Crippen LogP contribution < -0.4 is 4.74 Å². The third-order valence-electron chi connectivity index (χ3n) is 1.20. The topological polar surface area (TPSA) is 52.1 Å². The van der Waals surface area contributed by atoms with Gasteiger partial charge in [0, 0.05) is 6.07 Å². The van der Waals surface area contributed by atoms with E-state index in [-0.39, 0.29) is 12.4 Å². The highest BCUT2D eigenvalue weighted by molar-refractivity contribution is 5.76. The van der Waals surface area contributed by atoms with Gasteiger partial charge in [0.15, 0.2) is 5.78 Å². The molecule has 0 N–H and O–H groups in total. The maximum absolute atomic E-state index is 10.5. The van der Waals surface area contributed by atoms with E-state index in [9.17, 15) is 4.79 Å².